The van der Waals surface area contributed by atoms with Gasteiger partial charge in [0, 0.05) is 26.2 Å². The Bertz CT molecular complexity index is 1100. The number of ether oxygens (including phenoxy) is 1. The van der Waals surface area contributed by atoms with Crippen molar-refractivity contribution in [2.75, 3.05) is 32.1 Å². The van der Waals surface area contributed by atoms with Gasteiger partial charge in [-0.05, 0) is 57.5 Å². The molecule has 2 rings (SSSR count). The average Bonchev–Trinajstić information content (AvgIpc) is 2.80. The smallest absolute Gasteiger partial charge is 0.304 e. The van der Waals surface area contributed by atoms with Crippen LogP contribution in [-0.4, -0.2) is 68.8 Å². The molecule has 9 nitrogen and oxygen atoms in total. The fraction of sp³-hybridized carbons (Fsp3) is 0.440. The van der Waals surface area contributed by atoms with Crippen LogP contribution < -0.4 is 14.4 Å². The van der Waals surface area contributed by atoms with Crippen molar-refractivity contribution in [3.8, 4) is 5.75 Å². The Balaban J connectivity index is 2.43. The lowest BCUT2D eigenvalue weighted by atomic mass is 10.1. The van der Waals surface area contributed by atoms with Gasteiger partial charge in [0.2, 0.25) is 11.8 Å². The highest BCUT2D eigenvalue weighted by atomic mass is 32.2. The van der Waals surface area contributed by atoms with Gasteiger partial charge >= 0.3 is 10.2 Å². The molecule has 10 heteroatoms. The maximum Gasteiger partial charge on any atom is 0.304 e. The number of nitrogens with one attached hydrogen (secondary N) is 1. The van der Waals surface area contributed by atoms with Crippen LogP contribution in [0.5, 0.6) is 5.75 Å². The molecule has 0 spiro atoms. The Hall–Kier alpha value is -3.11. The number of hydrogen-bond acceptors (Lipinski definition) is 5. The van der Waals surface area contributed by atoms with Gasteiger partial charge in [-0.15, -0.1) is 0 Å². The minimum absolute atomic E-state index is 0.117. The van der Waals surface area contributed by atoms with E-state index in [1.807, 2.05) is 20.8 Å². The molecular formula is C25H36N4O5S. The summed E-state index contributed by atoms with van der Waals surface area (Å²) in [5.41, 5.74) is 0.631. The Labute approximate surface area is 208 Å². The zero-order valence-corrected chi connectivity index (χ0v) is 22.3. The first-order valence-corrected chi connectivity index (χ1v) is 12.7. The lowest BCUT2D eigenvalue weighted by Crippen LogP contribution is -2.54. The van der Waals surface area contributed by atoms with Gasteiger partial charge in [-0.25, -0.2) is 4.31 Å². The summed E-state index contributed by atoms with van der Waals surface area (Å²) in [5.74, 6) is -0.176. The molecule has 0 heterocycles. The van der Waals surface area contributed by atoms with E-state index < -0.39 is 34.2 Å². The number of carbonyl (C=O) groups is 2. The van der Waals surface area contributed by atoms with Crippen molar-refractivity contribution in [3.63, 3.8) is 0 Å². The number of methoxy groups -OCH3 is 1. The summed E-state index contributed by atoms with van der Waals surface area (Å²) in [5, 5.41) is 2.90. The zero-order chi connectivity index (χ0) is 26.4. The van der Waals surface area contributed by atoms with Gasteiger partial charge in [0.05, 0.1) is 12.8 Å². The summed E-state index contributed by atoms with van der Waals surface area (Å²) in [6.45, 7) is 6.85. The van der Waals surface area contributed by atoms with Crippen LogP contribution in [0.2, 0.25) is 0 Å². The monoisotopic (exact) mass is 504 g/mol. The molecule has 0 bridgehead atoms. The first kappa shape index (κ1) is 28.1. The Morgan fingerprint density at radius 3 is 2.06 bits per heavy atom. The molecule has 0 aromatic heterocycles. The van der Waals surface area contributed by atoms with Gasteiger partial charge in [-0.1, -0.05) is 30.3 Å². The Morgan fingerprint density at radius 1 is 1.00 bits per heavy atom. The third-order valence-electron chi connectivity index (χ3n) is 5.24. The molecule has 192 valence electrons. The maximum absolute atomic E-state index is 13.6. The summed E-state index contributed by atoms with van der Waals surface area (Å²) in [6, 6.07) is 14.7. The largest absolute Gasteiger partial charge is 0.497 e. The molecule has 1 unspecified atom stereocenters. The number of nitrogens with zero attached hydrogens (tertiary/aromatic N) is 3. The maximum atomic E-state index is 13.6. The van der Waals surface area contributed by atoms with Crippen LogP contribution in [0.4, 0.5) is 5.69 Å². The minimum Gasteiger partial charge on any atom is -0.497 e. The van der Waals surface area contributed by atoms with Crippen molar-refractivity contribution in [3.05, 3.63) is 60.2 Å². The second-order valence-corrected chi connectivity index (χ2v) is 11.5. The van der Waals surface area contributed by atoms with Crippen LogP contribution in [0.15, 0.2) is 54.6 Å². The van der Waals surface area contributed by atoms with E-state index in [1.165, 1.54) is 19.0 Å². The Morgan fingerprint density at radius 2 is 1.57 bits per heavy atom. The first-order chi connectivity index (χ1) is 16.3. The van der Waals surface area contributed by atoms with Gasteiger partial charge < -0.3 is 15.0 Å². The molecule has 0 aliphatic heterocycles. The topological polar surface area (TPSA) is 99.3 Å². The summed E-state index contributed by atoms with van der Waals surface area (Å²) in [4.78, 5) is 28.0. The van der Waals surface area contributed by atoms with Crippen LogP contribution in [0.3, 0.4) is 0 Å². The van der Waals surface area contributed by atoms with E-state index >= 15 is 0 Å². The number of benzene rings is 2. The van der Waals surface area contributed by atoms with Crippen LogP contribution in [0.1, 0.15) is 33.3 Å². The number of anilines is 1. The molecular weight excluding hydrogens is 468 g/mol. The fourth-order valence-corrected chi connectivity index (χ4v) is 4.35. The number of carbonyl (C=O) groups excluding carboxylic acids is 2. The van der Waals surface area contributed by atoms with E-state index in [2.05, 4.69) is 5.32 Å². The molecule has 1 atom stereocenters. The lowest BCUT2D eigenvalue weighted by Gasteiger charge is -2.34. The van der Waals surface area contributed by atoms with E-state index in [4.69, 9.17) is 4.74 Å². The van der Waals surface area contributed by atoms with Crippen molar-refractivity contribution in [1.82, 2.24) is 14.5 Å². The second-order valence-electron chi connectivity index (χ2n) is 9.42. The van der Waals surface area contributed by atoms with Crippen LogP contribution in [0.25, 0.3) is 0 Å². The molecule has 1 N–H and O–H groups in total. The average molecular weight is 505 g/mol. The molecule has 2 aromatic rings. The van der Waals surface area contributed by atoms with Crippen LogP contribution >= 0.6 is 0 Å². The van der Waals surface area contributed by atoms with Gasteiger partial charge in [-0.2, -0.15) is 12.7 Å². The number of rotatable bonds is 10. The SMILES string of the molecule is COc1ccc(CN(C(=O)CN(c2ccccc2)S(=O)(=O)N(C)C)C(C)C(=O)NC(C)(C)C)cc1. The van der Waals surface area contributed by atoms with Gasteiger partial charge in [0.1, 0.15) is 18.3 Å². The molecule has 0 saturated carbocycles. The van der Waals surface area contributed by atoms with Gasteiger partial charge in [-0.3, -0.25) is 9.59 Å². The highest BCUT2D eigenvalue weighted by molar-refractivity contribution is 7.90. The van der Waals surface area contributed by atoms with E-state index in [0.29, 0.717) is 11.4 Å². The van der Waals surface area contributed by atoms with Crippen molar-refractivity contribution in [2.45, 2.75) is 45.8 Å². The minimum atomic E-state index is -3.98. The van der Waals surface area contributed by atoms with Crippen LogP contribution in [0, 0.1) is 0 Å². The van der Waals surface area contributed by atoms with Crippen molar-refractivity contribution < 1.29 is 22.7 Å². The molecule has 0 aliphatic rings. The standard InChI is InChI=1S/C25H36N4O5S/c1-19(24(31)26-25(2,3)4)28(17-20-13-15-22(34-7)16-14-20)23(30)18-29(35(32,33)27(5)6)21-11-9-8-10-12-21/h8-16,19H,17-18H2,1-7H3,(H,26,31). The van der Waals surface area contributed by atoms with Gasteiger partial charge in [0.25, 0.3) is 0 Å². The van der Waals surface area contributed by atoms with Crippen LogP contribution in [-0.2, 0) is 26.3 Å². The summed E-state index contributed by atoms with van der Waals surface area (Å²) >= 11 is 0. The fourth-order valence-electron chi connectivity index (χ4n) is 3.30. The number of para-hydroxylation sites is 1. The predicted molar refractivity (Wildman–Crippen MR) is 137 cm³/mol. The van der Waals surface area contributed by atoms with E-state index in [-0.39, 0.29) is 12.5 Å². The number of hydrogen-bond donors (Lipinski definition) is 1. The molecule has 0 aliphatic carbocycles. The third-order valence-corrected chi connectivity index (χ3v) is 7.06. The van der Waals surface area contributed by atoms with E-state index in [9.17, 15) is 18.0 Å². The molecule has 35 heavy (non-hydrogen) atoms. The summed E-state index contributed by atoms with van der Waals surface area (Å²) in [7, 11) is 0.401. The Kier molecular flexibility index (Phi) is 9.28. The molecule has 0 fully saturated rings. The zero-order valence-electron chi connectivity index (χ0n) is 21.5. The summed E-state index contributed by atoms with van der Waals surface area (Å²) < 4.78 is 33.5. The molecule has 2 aromatic carbocycles. The molecule has 0 saturated heterocycles. The molecule has 2 amide bonds. The van der Waals surface area contributed by atoms with Crippen molar-refractivity contribution >= 4 is 27.7 Å². The normalized spacial score (nSPS) is 12.7. The molecule has 0 radical (unpaired) electrons. The quantitative estimate of drug-likeness (QED) is 0.536. The number of amides is 2. The van der Waals surface area contributed by atoms with Gasteiger partial charge in [0.15, 0.2) is 0 Å². The lowest BCUT2D eigenvalue weighted by molar-refractivity contribution is -0.140. The first-order valence-electron chi connectivity index (χ1n) is 11.3. The van der Waals surface area contributed by atoms with E-state index in [0.717, 1.165) is 14.2 Å². The van der Waals surface area contributed by atoms with E-state index in [1.54, 1.807) is 68.6 Å². The van der Waals surface area contributed by atoms with Crippen molar-refractivity contribution in [1.29, 1.82) is 0 Å². The van der Waals surface area contributed by atoms with Crippen molar-refractivity contribution in [2.24, 2.45) is 0 Å². The highest BCUT2D eigenvalue weighted by Crippen LogP contribution is 2.21. The third kappa shape index (κ3) is 7.69. The highest BCUT2D eigenvalue weighted by Gasteiger charge is 2.33. The predicted octanol–water partition coefficient (Wildman–Crippen LogP) is 2.64. The second kappa shape index (κ2) is 11.5. The summed E-state index contributed by atoms with van der Waals surface area (Å²) in [6.07, 6.45) is 0.